The van der Waals surface area contributed by atoms with Crippen LogP contribution in [0.1, 0.15) is 80.1 Å². The fourth-order valence-electron chi connectivity index (χ4n) is 3.08. The Morgan fingerprint density at radius 1 is 1.07 bits per heavy atom. The van der Waals surface area contributed by atoms with Crippen molar-refractivity contribution in [2.24, 2.45) is 10.7 Å². The number of rotatable bonds is 14. The molecule has 0 spiro atoms. The van der Waals surface area contributed by atoms with Crippen molar-refractivity contribution >= 4 is 11.7 Å². The van der Waals surface area contributed by atoms with Gasteiger partial charge in [0.1, 0.15) is 12.4 Å². The van der Waals surface area contributed by atoms with E-state index in [1.165, 1.54) is 12.0 Å². The zero-order valence-corrected chi connectivity index (χ0v) is 20.3. The fraction of sp³-hybridized carbons (Fsp3) is 0.600. The van der Waals surface area contributed by atoms with Crippen LogP contribution in [0, 0.1) is 0 Å². The molecule has 0 aromatic heterocycles. The lowest BCUT2D eigenvalue weighted by atomic mass is 9.94. The van der Waals surface area contributed by atoms with Crippen molar-refractivity contribution in [3.63, 3.8) is 0 Å². The predicted molar refractivity (Wildman–Crippen MR) is 130 cm³/mol. The third kappa shape index (κ3) is 11.0. The summed E-state index contributed by atoms with van der Waals surface area (Å²) in [6.45, 7) is 17.4. The van der Waals surface area contributed by atoms with Gasteiger partial charge in [0, 0.05) is 13.6 Å². The van der Waals surface area contributed by atoms with E-state index >= 15 is 0 Å². The molecule has 2 amide bonds. The topological polar surface area (TPSA) is 76.7 Å². The van der Waals surface area contributed by atoms with Gasteiger partial charge >= 0.3 is 6.03 Å². The molecule has 0 aliphatic rings. The minimum absolute atomic E-state index is 0.409. The second kappa shape index (κ2) is 15.5. The largest absolute Gasteiger partial charge is 0.489 e. The van der Waals surface area contributed by atoms with Crippen LogP contribution in [0.5, 0.6) is 0 Å². The molecule has 0 radical (unpaired) electrons. The number of allylic oxidation sites excluding steroid dienone is 4. The van der Waals surface area contributed by atoms with E-state index in [9.17, 15) is 4.79 Å². The molecule has 0 atom stereocenters. The van der Waals surface area contributed by atoms with Crippen molar-refractivity contribution in [2.45, 2.75) is 80.1 Å². The lowest BCUT2D eigenvalue weighted by molar-refractivity contribution is 0.248. The Kier molecular flexibility index (Phi) is 14.3. The van der Waals surface area contributed by atoms with E-state index in [2.05, 4.69) is 43.7 Å². The van der Waals surface area contributed by atoms with Crippen LogP contribution in [0.3, 0.4) is 0 Å². The van der Waals surface area contributed by atoms with Gasteiger partial charge in [0.25, 0.3) is 0 Å². The van der Waals surface area contributed by atoms with Crippen LogP contribution in [0.15, 0.2) is 51.3 Å². The second-order valence-corrected chi connectivity index (χ2v) is 7.96. The summed E-state index contributed by atoms with van der Waals surface area (Å²) in [5.41, 5.74) is 11.7. The first-order chi connectivity index (χ1) is 14.2. The Labute approximate surface area is 184 Å². The summed E-state index contributed by atoms with van der Waals surface area (Å²) in [6.07, 6.45) is 8.55. The lowest BCUT2D eigenvalue weighted by Gasteiger charge is -2.17. The third-order valence-electron chi connectivity index (χ3n) is 4.93. The quantitative estimate of drug-likeness (QED) is 0.115. The molecule has 0 bridgehead atoms. The Morgan fingerprint density at radius 3 is 2.23 bits per heavy atom. The van der Waals surface area contributed by atoms with Gasteiger partial charge in [0.05, 0.1) is 5.71 Å². The highest BCUT2D eigenvalue weighted by molar-refractivity contribution is 6.12. The number of nitrogens with zero attached hydrogens (tertiary/aromatic N) is 1. The van der Waals surface area contributed by atoms with Crippen molar-refractivity contribution in [1.29, 1.82) is 0 Å². The molecule has 0 aromatic rings. The second-order valence-electron chi connectivity index (χ2n) is 7.96. The van der Waals surface area contributed by atoms with Gasteiger partial charge in [-0.15, -0.1) is 0 Å². The number of ether oxygens (including phenoxy) is 1. The number of aliphatic imine (C=N–C) groups is 1. The molecule has 30 heavy (non-hydrogen) atoms. The Hall–Kier alpha value is -2.30. The SMILES string of the molecule is C=C(C)COC(/C=C(\CCCCC)C(=NC)/C(C)=C(\C)CNC(N)=O)=C(/C)CCC. The molecule has 0 saturated heterocycles. The van der Waals surface area contributed by atoms with Gasteiger partial charge in [0.2, 0.25) is 0 Å². The first-order valence-electron chi connectivity index (χ1n) is 11.0. The predicted octanol–water partition coefficient (Wildman–Crippen LogP) is 6.24. The average molecular weight is 418 g/mol. The number of carbonyl (C=O) groups excluding carboxylic acids is 1. The standard InChI is InChI=1S/C25H43N3O2/c1-9-11-12-14-22(15-23(19(5)13-10-2)30-17-18(3)4)24(27-8)21(7)20(6)16-28-25(26)29/h15H,3,9-14,16-17H2,1-2,4-8H3,(H3,26,28,29)/b21-20+,22-15+,23-19-,27-24?. The van der Waals surface area contributed by atoms with Gasteiger partial charge in [-0.3, -0.25) is 4.99 Å². The first-order valence-corrected chi connectivity index (χ1v) is 11.0. The molecule has 0 unspecified atom stereocenters. The van der Waals surface area contributed by atoms with Crippen LogP contribution in [-0.4, -0.2) is 31.9 Å². The third-order valence-corrected chi connectivity index (χ3v) is 4.93. The summed E-state index contributed by atoms with van der Waals surface area (Å²) in [5, 5.41) is 2.67. The summed E-state index contributed by atoms with van der Waals surface area (Å²) in [7, 11) is 1.82. The summed E-state index contributed by atoms with van der Waals surface area (Å²) < 4.78 is 6.13. The zero-order chi connectivity index (χ0) is 23.1. The minimum Gasteiger partial charge on any atom is -0.489 e. The number of hydrogen-bond donors (Lipinski definition) is 2. The number of carbonyl (C=O) groups is 1. The van der Waals surface area contributed by atoms with E-state index in [-0.39, 0.29) is 0 Å². The van der Waals surface area contributed by atoms with Crippen molar-refractivity contribution < 1.29 is 9.53 Å². The summed E-state index contributed by atoms with van der Waals surface area (Å²) in [6, 6.07) is -0.524. The van der Waals surface area contributed by atoms with Crippen LogP contribution < -0.4 is 11.1 Å². The highest BCUT2D eigenvalue weighted by atomic mass is 16.5. The van der Waals surface area contributed by atoms with Crippen molar-refractivity contribution in [3.05, 3.63) is 46.3 Å². The molecule has 3 N–H and O–H groups in total. The van der Waals surface area contributed by atoms with E-state index in [1.807, 2.05) is 27.8 Å². The molecule has 0 aliphatic carbocycles. The smallest absolute Gasteiger partial charge is 0.312 e. The number of unbranched alkanes of at least 4 members (excludes halogenated alkanes) is 2. The maximum atomic E-state index is 11.1. The average Bonchev–Trinajstić information content (AvgIpc) is 2.69. The Balaban J connectivity index is 6.17. The molecule has 5 nitrogen and oxygen atoms in total. The molecular formula is C25H43N3O2. The molecule has 0 aliphatic heterocycles. The molecular weight excluding hydrogens is 374 g/mol. The van der Waals surface area contributed by atoms with Gasteiger partial charge < -0.3 is 15.8 Å². The van der Waals surface area contributed by atoms with E-state index in [1.54, 1.807) is 0 Å². The normalized spacial score (nSPS) is 14.1. The highest BCUT2D eigenvalue weighted by Gasteiger charge is 2.14. The Morgan fingerprint density at radius 2 is 1.73 bits per heavy atom. The lowest BCUT2D eigenvalue weighted by Crippen LogP contribution is -2.31. The molecule has 0 heterocycles. The number of hydrogen-bond acceptors (Lipinski definition) is 3. The van der Waals surface area contributed by atoms with Crippen molar-refractivity contribution in [1.82, 2.24) is 5.32 Å². The monoisotopic (exact) mass is 417 g/mol. The molecule has 0 fully saturated rings. The number of amides is 2. The van der Waals surface area contributed by atoms with E-state index < -0.39 is 6.03 Å². The Bertz CT molecular complexity index is 697. The van der Waals surface area contributed by atoms with Crippen molar-refractivity contribution in [3.8, 4) is 0 Å². The maximum absolute atomic E-state index is 11.1. The summed E-state index contributed by atoms with van der Waals surface area (Å²) in [5.74, 6) is 0.910. The van der Waals surface area contributed by atoms with Crippen LogP contribution in [-0.2, 0) is 4.74 Å². The molecule has 0 aromatic carbocycles. The van der Waals surface area contributed by atoms with E-state index in [0.717, 1.165) is 65.9 Å². The fourth-order valence-corrected chi connectivity index (χ4v) is 3.08. The van der Waals surface area contributed by atoms with E-state index in [4.69, 9.17) is 10.5 Å². The number of urea groups is 1. The summed E-state index contributed by atoms with van der Waals surface area (Å²) in [4.78, 5) is 15.7. The van der Waals surface area contributed by atoms with Gasteiger partial charge in [-0.2, -0.15) is 0 Å². The van der Waals surface area contributed by atoms with E-state index in [0.29, 0.717) is 13.2 Å². The van der Waals surface area contributed by atoms with Gasteiger partial charge in [0.15, 0.2) is 0 Å². The highest BCUT2D eigenvalue weighted by Crippen LogP contribution is 2.23. The number of nitrogens with one attached hydrogen (secondary N) is 1. The van der Waals surface area contributed by atoms with Crippen LogP contribution >= 0.6 is 0 Å². The van der Waals surface area contributed by atoms with Gasteiger partial charge in [-0.25, -0.2) is 4.79 Å². The molecule has 0 rings (SSSR count). The molecule has 170 valence electrons. The van der Waals surface area contributed by atoms with Crippen LogP contribution in [0.4, 0.5) is 4.79 Å². The van der Waals surface area contributed by atoms with Gasteiger partial charge in [-0.05, 0) is 80.9 Å². The number of primary amides is 1. The van der Waals surface area contributed by atoms with Crippen LogP contribution in [0.25, 0.3) is 0 Å². The van der Waals surface area contributed by atoms with Crippen molar-refractivity contribution in [2.75, 3.05) is 20.2 Å². The number of nitrogens with two attached hydrogens (primary N) is 1. The summed E-state index contributed by atoms with van der Waals surface area (Å²) >= 11 is 0. The van der Waals surface area contributed by atoms with Crippen LogP contribution in [0.2, 0.25) is 0 Å². The maximum Gasteiger partial charge on any atom is 0.312 e. The zero-order valence-electron chi connectivity index (χ0n) is 20.3. The van der Waals surface area contributed by atoms with Gasteiger partial charge in [-0.1, -0.05) is 39.7 Å². The minimum atomic E-state index is -0.524. The molecule has 5 heteroatoms. The molecule has 0 saturated carbocycles. The first kappa shape index (κ1) is 27.7.